The average molecular weight is 278 g/mol. The second kappa shape index (κ2) is 7.29. The molecule has 1 rings (SSSR count). The molecule has 0 aliphatic heterocycles. The molecule has 0 spiro atoms. The van der Waals surface area contributed by atoms with Crippen molar-refractivity contribution in [3.8, 4) is 0 Å². The summed E-state index contributed by atoms with van der Waals surface area (Å²) < 4.78 is 0. The molecule has 1 aromatic rings. The molecule has 0 radical (unpaired) electrons. The SMILES string of the molecule is Cc1ccc(C(C)(C)CNC(=O)NCCC(C)O)cc1. The molecule has 3 N–H and O–H groups in total. The van der Waals surface area contributed by atoms with E-state index in [9.17, 15) is 4.79 Å². The Labute approximate surface area is 121 Å². The monoisotopic (exact) mass is 278 g/mol. The zero-order valence-electron chi connectivity index (χ0n) is 12.9. The lowest BCUT2D eigenvalue weighted by Crippen LogP contribution is -2.42. The smallest absolute Gasteiger partial charge is 0.314 e. The number of amides is 2. The predicted octanol–water partition coefficient (Wildman–Crippen LogP) is 2.34. The van der Waals surface area contributed by atoms with Gasteiger partial charge in [0.15, 0.2) is 0 Å². The fourth-order valence-electron chi connectivity index (χ4n) is 1.87. The molecular weight excluding hydrogens is 252 g/mol. The summed E-state index contributed by atoms with van der Waals surface area (Å²) in [6.07, 6.45) is 0.175. The largest absolute Gasteiger partial charge is 0.393 e. The van der Waals surface area contributed by atoms with Crippen LogP contribution in [0.25, 0.3) is 0 Å². The highest BCUT2D eigenvalue weighted by Gasteiger charge is 2.21. The van der Waals surface area contributed by atoms with Gasteiger partial charge < -0.3 is 15.7 Å². The van der Waals surface area contributed by atoms with Gasteiger partial charge in [-0.3, -0.25) is 0 Å². The highest BCUT2D eigenvalue weighted by atomic mass is 16.3. The first-order chi connectivity index (χ1) is 9.31. The van der Waals surface area contributed by atoms with Crippen LogP contribution in [-0.2, 0) is 5.41 Å². The summed E-state index contributed by atoms with van der Waals surface area (Å²) in [4.78, 5) is 11.7. The molecule has 0 heterocycles. The Morgan fingerprint density at radius 2 is 1.85 bits per heavy atom. The van der Waals surface area contributed by atoms with Crippen molar-refractivity contribution in [2.75, 3.05) is 13.1 Å². The lowest BCUT2D eigenvalue weighted by Gasteiger charge is -2.26. The molecule has 0 saturated heterocycles. The molecule has 4 nitrogen and oxygen atoms in total. The van der Waals surface area contributed by atoms with Crippen molar-refractivity contribution in [1.82, 2.24) is 10.6 Å². The number of aliphatic hydroxyl groups excluding tert-OH is 1. The number of hydrogen-bond acceptors (Lipinski definition) is 2. The third kappa shape index (κ3) is 5.61. The lowest BCUT2D eigenvalue weighted by atomic mass is 9.84. The Kier molecular flexibility index (Phi) is 6.02. The van der Waals surface area contributed by atoms with E-state index in [1.807, 2.05) is 0 Å². The van der Waals surface area contributed by atoms with Gasteiger partial charge in [-0.25, -0.2) is 4.79 Å². The summed E-state index contributed by atoms with van der Waals surface area (Å²) in [5, 5.41) is 14.7. The maximum absolute atomic E-state index is 11.7. The van der Waals surface area contributed by atoms with Crippen LogP contribution < -0.4 is 10.6 Å². The molecule has 0 bridgehead atoms. The molecular formula is C16H26N2O2. The quantitative estimate of drug-likeness (QED) is 0.748. The van der Waals surface area contributed by atoms with Crippen LogP contribution in [0.2, 0.25) is 0 Å². The summed E-state index contributed by atoms with van der Waals surface area (Å²) in [6, 6.07) is 8.18. The molecule has 0 saturated carbocycles. The van der Waals surface area contributed by atoms with Crippen molar-refractivity contribution < 1.29 is 9.90 Å². The first-order valence-corrected chi connectivity index (χ1v) is 7.08. The molecule has 2 amide bonds. The summed E-state index contributed by atoms with van der Waals surface area (Å²) in [7, 11) is 0. The zero-order valence-corrected chi connectivity index (χ0v) is 12.9. The van der Waals surface area contributed by atoms with Crippen LogP contribution in [0.15, 0.2) is 24.3 Å². The summed E-state index contributed by atoms with van der Waals surface area (Å²) >= 11 is 0. The molecule has 20 heavy (non-hydrogen) atoms. The van der Waals surface area contributed by atoms with Gasteiger partial charge in [-0.2, -0.15) is 0 Å². The van der Waals surface area contributed by atoms with Gasteiger partial charge in [-0.05, 0) is 25.8 Å². The molecule has 1 atom stereocenters. The first-order valence-electron chi connectivity index (χ1n) is 7.08. The predicted molar refractivity (Wildman–Crippen MR) is 81.9 cm³/mol. The molecule has 1 aromatic carbocycles. The van der Waals surface area contributed by atoms with Gasteiger partial charge in [-0.1, -0.05) is 43.7 Å². The van der Waals surface area contributed by atoms with Gasteiger partial charge in [0.2, 0.25) is 0 Å². The van der Waals surface area contributed by atoms with Crippen molar-refractivity contribution in [1.29, 1.82) is 0 Å². The number of carbonyl (C=O) groups excluding carboxylic acids is 1. The summed E-state index contributed by atoms with van der Waals surface area (Å²) in [5.41, 5.74) is 2.32. The maximum atomic E-state index is 11.7. The Hall–Kier alpha value is -1.55. The van der Waals surface area contributed by atoms with E-state index >= 15 is 0 Å². The Morgan fingerprint density at radius 1 is 1.25 bits per heavy atom. The number of urea groups is 1. The van der Waals surface area contributed by atoms with Crippen molar-refractivity contribution in [2.45, 2.75) is 45.6 Å². The number of hydrogen-bond donors (Lipinski definition) is 3. The van der Waals surface area contributed by atoms with Gasteiger partial charge in [0.05, 0.1) is 6.10 Å². The normalized spacial score (nSPS) is 12.8. The van der Waals surface area contributed by atoms with Crippen LogP contribution in [-0.4, -0.2) is 30.3 Å². The first kappa shape index (κ1) is 16.5. The number of nitrogens with one attached hydrogen (secondary N) is 2. The topological polar surface area (TPSA) is 61.4 Å². The number of carbonyl (C=O) groups is 1. The number of benzene rings is 1. The molecule has 0 aliphatic carbocycles. The van der Waals surface area contributed by atoms with Gasteiger partial charge in [0.25, 0.3) is 0 Å². The molecule has 0 aromatic heterocycles. The van der Waals surface area contributed by atoms with Crippen LogP contribution >= 0.6 is 0 Å². The van der Waals surface area contributed by atoms with Crippen molar-refractivity contribution in [3.05, 3.63) is 35.4 Å². The van der Waals surface area contributed by atoms with Crippen LogP contribution in [0.5, 0.6) is 0 Å². The Bertz CT molecular complexity index is 425. The highest BCUT2D eigenvalue weighted by molar-refractivity contribution is 5.73. The summed E-state index contributed by atoms with van der Waals surface area (Å²) in [6.45, 7) is 9.03. The molecule has 0 fully saturated rings. The molecule has 1 unspecified atom stereocenters. The van der Waals surface area contributed by atoms with Crippen molar-refractivity contribution in [2.24, 2.45) is 0 Å². The van der Waals surface area contributed by atoms with Gasteiger partial charge in [0, 0.05) is 18.5 Å². The molecule has 4 heteroatoms. The van der Waals surface area contributed by atoms with Crippen LogP contribution in [0, 0.1) is 6.92 Å². The third-order valence-corrected chi connectivity index (χ3v) is 3.37. The highest BCUT2D eigenvalue weighted by Crippen LogP contribution is 2.22. The van der Waals surface area contributed by atoms with E-state index in [0.29, 0.717) is 19.5 Å². The van der Waals surface area contributed by atoms with Gasteiger partial charge >= 0.3 is 6.03 Å². The maximum Gasteiger partial charge on any atom is 0.314 e. The van der Waals surface area contributed by atoms with Crippen LogP contribution in [0.1, 0.15) is 38.3 Å². The lowest BCUT2D eigenvalue weighted by molar-refractivity contribution is 0.183. The minimum absolute atomic E-state index is 0.116. The van der Waals surface area contributed by atoms with E-state index in [-0.39, 0.29) is 17.6 Å². The standard InChI is InChI=1S/C16H26N2O2/c1-12-5-7-14(8-6-12)16(3,4)11-18-15(20)17-10-9-13(2)19/h5-8,13,19H,9-11H2,1-4H3,(H2,17,18,20). The van der Waals surface area contributed by atoms with Gasteiger partial charge in [0.1, 0.15) is 0 Å². The minimum Gasteiger partial charge on any atom is -0.393 e. The summed E-state index contributed by atoms with van der Waals surface area (Å²) in [5.74, 6) is 0. The molecule has 0 aliphatic rings. The fourth-order valence-corrected chi connectivity index (χ4v) is 1.87. The second-order valence-electron chi connectivity index (χ2n) is 6.00. The molecule has 112 valence electrons. The van der Waals surface area contributed by atoms with E-state index in [1.165, 1.54) is 11.1 Å². The van der Waals surface area contributed by atoms with Crippen molar-refractivity contribution >= 4 is 6.03 Å². The van der Waals surface area contributed by atoms with E-state index in [1.54, 1.807) is 6.92 Å². The van der Waals surface area contributed by atoms with Crippen molar-refractivity contribution in [3.63, 3.8) is 0 Å². The zero-order chi connectivity index (χ0) is 15.2. The number of aryl methyl sites for hydroxylation is 1. The third-order valence-electron chi connectivity index (χ3n) is 3.37. The van der Waals surface area contributed by atoms with Crippen LogP contribution in [0.3, 0.4) is 0 Å². The second-order valence-corrected chi connectivity index (χ2v) is 6.00. The average Bonchev–Trinajstić information content (AvgIpc) is 2.36. The van der Waals surface area contributed by atoms with E-state index in [4.69, 9.17) is 5.11 Å². The minimum atomic E-state index is -0.390. The number of aliphatic hydroxyl groups is 1. The van der Waals surface area contributed by atoms with E-state index in [2.05, 4.69) is 55.7 Å². The number of rotatable bonds is 6. The Balaban J connectivity index is 2.42. The van der Waals surface area contributed by atoms with E-state index in [0.717, 1.165) is 0 Å². The fraction of sp³-hybridized carbons (Fsp3) is 0.562. The van der Waals surface area contributed by atoms with Crippen LogP contribution in [0.4, 0.5) is 4.79 Å². The van der Waals surface area contributed by atoms with Gasteiger partial charge in [-0.15, -0.1) is 0 Å². The van der Waals surface area contributed by atoms with E-state index < -0.39 is 0 Å². The Morgan fingerprint density at radius 3 is 2.40 bits per heavy atom.